The third kappa shape index (κ3) is 10.1. The molecule has 0 heterocycles. The average Bonchev–Trinajstić information content (AvgIpc) is 2.46. The van der Waals surface area contributed by atoms with Gasteiger partial charge >= 0.3 is 0 Å². The number of carbonyl (C=O) groups excluding carboxylic acids is 3. The van der Waals surface area contributed by atoms with Crippen molar-refractivity contribution >= 4 is 18.0 Å². The lowest BCUT2D eigenvalue weighted by Gasteiger charge is -2.12. The van der Waals surface area contributed by atoms with Crippen LogP contribution < -0.4 is 16.8 Å². The summed E-state index contributed by atoms with van der Waals surface area (Å²) in [7, 11) is 0. The summed E-state index contributed by atoms with van der Waals surface area (Å²) in [6.07, 6.45) is 0.672. The maximum Gasteiger partial charge on any atom is 0.236 e. The number of ether oxygens (including phenoxy) is 2. The molecular weight excluding hydrogens is 278 g/mol. The van der Waals surface area contributed by atoms with Gasteiger partial charge in [0.2, 0.25) is 5.91 Å². The highest BCUT2D eigenvalue weighted by Gasteiger charge is 2.13. The van der Waals surface area contributed by atoms with Crippen molar-refractivity contribution in [3.8, 4) is 0 Å². The number of Topliss-reactive ketones (excluding diaryl/α,β-unsaturated/α-hetero) is 1. The van der Waals surface area contributed by atoms with Crippen molar-refractivity contribution in [1.82, 2.24) is 5.32 Å². The highest BCUT2D eigenvalue weighted by Crippen LogP contribution is 1.93. The summed E-state index contributed by atoms with van der Waals surface area (Å²) in [5.41, 5.74) is 11.0. The third-order valence-electron chi connectivity index (χ3n) is 2.65. The minimum absolute atomic E-state index is 0.132. The van der Waals surface area contributed by atoms with Crippen LogP contribution in [0.5, 0.6) is 0 Å². The zero-order valence-electron chi connectivity index (χ0n) is 12.4. The van der Waals surface area contributed by atoms with Gasteiger partial charge in [-0.25, -0.2) is 0 Å². The molecule has 0 aromatic rings. The van der Waals surface area contributed by atoms with E-state index in [0.29, 0.717) is 38.8 Å². The molecule has 0 spiro atoms. The van der Waals surface area contributed by atoms with Gasteiger partial charge in [-0.05, 0) is 26.3 Å². The van der Waals surface area contributed by atoms with Gasteiger partial charge in [0.1, 0.15) is 0 Å². The maximum atomic E-state index is 11.5. The summed E-state index contributed by atoms with van der Waals surface area (Å²) < 4.78 is 10.2. The molecule has 0 aromatic carbocycles. The molecule has 0 aromatic heterocycles. The Kier molecular flexibility index (Phi) is 11.6. The Labute approximate surface area is 124 Å². The van der Waals surface area contributed by atoms with Gasteiger partial charge in [0, 0.05) is 6.54 Å². The molecule has 0 aliphatic carbocycles. The Morgan fingerprint density at radius 2 is 2.00 bits per heavy atom. The van der Waals surface area contributed by atoms with Crippen LogP contribution >= 0.6 is 0 Å². The summed E-state index contributed by atoms with van der Waals surface area (Å²) in [6, 6.07) is -0.555. The van der Waals surface area contributed by atoms with E-state index < -0.39 is 12.1 Å². The number of rotatable bonds is 13. The van der Waals surface area contributed by atoms with Crippen molar-refractivity contribution in [3.05, 3.63) is 0 Å². The van der Waals surface area contributed by atoms with Crippen LogP contribution in [0.15, 0.2) is 0 Å². The minimum Gasteiger partial charge on any atom is -0.377 e. The highest BCUT2D eigenvalue weighted by atomic mass is 16.5. The van der Waals surface area contributed by atoms with E-state index in [1.807, 2.05) is 0 Å². The molecule has 0 radical (unpaired) electrons. The molecule has 0 aliphatic heterocycles. The summed E-state index contributed by atoms with van der Waals surface area (Å²) in [4.78, 5) is 32.9. The lowest BCUT2D eigenvalue weighted by Crippen LogP contribution is -2.42. The maximum absolute atomic E-state index is 11.5. The number of carbonyl (C=O) groups is 3. The summed E-state index contributed by atoms with van der Waals surface area (Å²) >= 11 is 0. The second-order valence-corrected chi connectivity index (χ2v) is 4.48. The topological polar surface area (TPSA) is 134 Å². The Balaban J connectivity index is 3.53. The Morgan fingerprint density at radius 3 is 2.57 bits per heavy atom. The lowest BCUT2D eigenvalue weighted by molar-refractivity contribution is -0.136. The zero-order valence-corrected chi connectivity index (χ0v) is 12.4. The molecule has 2 atom stereocenters. The highest BCUT2D eigenvalue weighted by molar-refractivity contribution is 5.94. The molecule has 1 unspecified atom stereocenters. The van der Waals surface area contributed by atoms with Crippen molar-refractivity contribution in [2.75, 3.05) is 32.9 Å². The van der Waals surface area contributed by atoms with Gasteiger partial charge in [-0.2, -0.15) is 0 Å². The second-order valence-electron chi connectivity index (χ2n) is 4.48. The minimum atomic E-state index is -1.03. The Hall–Kier alpha value is -1.35. The van der Waals surface area contributed by atoms with E-state index in [1.165, 1.54) is 6.92 Å². The number of nitrogens with one attached hydrogen (secondary N) is 1. The molecular formula is C13H25N3O5. The average molecular weight is 303 g/mol. The van der Waals surface area contributed by atoms with Gasteiger partial charge in [0.05, 0.1) is 25.9 Å². The third-order valence-corrected chi connectivity index (χ3v) is 2.65. The fourth-order valence-electron chi connectivity index (χ4n) is 1.43. The number of hydrogen-bond acceptors (Lipinski definition) is 7. The summed E-state index contributed by atoms with van der Waals surface area (Å²) in [5, 5.41) is 2.64. The fraction of sp³-hybridized carbons (Fsp3) is 0.769. The molecule has 0 bridgehead atoms. The first-order valence-corrected chi connectivity index (χ1v) is 6.91. The van der Waals surface area contributed by atoms with Crippen molar-refractivity contribution in [1.29, 1.82) is 0 Å². The molecule has 0 saturated heterocycles. The summed E-state index contributed by atoms with van der Waals surface area (Å²) in [5.74, 6) is -0.579. The Morgan fingerprint density at radius 1 is 1.29 bits per heavy atom. The molecule has 8 nitrogen and oxygen atoms in total. The smallest absolute Gasteiger partial charge is 0.236 e. The van der Waals surface area contributed by atoms with Gasteiger partial charge in [-0.15, -0.1) is 0 Å². The van der Waals surface area contributed by atoms with E-state index in [2.05, 4.69) is 5.32 Å². The van der Waals surface area contributed by atoms with E-state index in [0.717, 1.165) is 0 Å². The van der Waals surface area contributed by atoms with Crippen LogP contribution in [-0.2, 0) is 23.9 Å². The van der Waals surface area contributed by atoms with Crippen LogP contribution in [0.3, 0.4) is 0 Å². The first-order valence-electron chi connectivity index (χ1n) is 6.91. The number of nitrogens with two attached hydrogens (primary N) is 2. The monoisotopic (exact) mass is 303 g/mol. The number of amides is 1. The van der Waals surface area contributed by atoms with Crippen LogP contribution in [0.1, 0.15) is 19.8 Å². The van der Waals surface area contributed by atoms with E-state index in [4.69, 9.17) is 20.9 Å². The van der Waals surface area contributed by atoms with Gasteiger partial charge in [0.15, 0.2) is 18.2 Å². The largest absolute Gasteiger partial charge is 0.377 e. The summed E-state index contributed by atoms with van der Waals surface area (Å²) in [6.45, 7) is 2.78. The molecule has 0 aliphatic rings. The van der Waals surface area contributed by atoms with Crippen LogP contribution in [-0.4, -0.2) is 63.0 Å². The first kappa shape index (κ1) is 19.7. The Bertz CT molecular complexity index is 325. The number of ketones is 1. The lowest BCUT2D eigenvalue weighted by atomic mass is 10.1. The van der Waals surface area contributed by atoms with Crippen LogP contribution in [0.2, 0.25) is 0 Å². The quantitative estimate of drug-likeness (QED) is 0.211. The molecule has 1 amide bonds. The van der Waals surface area contributed by atoms with Crippen molar-refractivity contribution in [3.63, 3.8) is 0 Å². The molecule has 8 heteroatoms. The van der Waals surface area contributed by atoms with E-state index in [9.17, 15) is 14.4 Å². The van der Waals surface area contributed by atoms with E-state index in [1.54, 1.807) is 0 Å². The van der Waals surface area contributed by atoms with Gasteiger partial charge in [-0.1, -0.05) is 0 Å². The number of aldehydes is 1. The van der Waals surface area contributed by atoms with Gasteiger partial charge in [-0.3, -0.25) is 14.4 Å². The van der Waals surface area contributed by atoms with Crippen molar-refractivity contribution < 1.29 is 23.9 Å². The van der Waals surface area contributed by atoms with Crippen molar-refractivity contribution in [2.45, 2.75) is 31.9 Å². The van der Waals surface area contributed by atoms with Crippen LogP contribution in [0.4, 0.5) is 0 Å². The predicted octanol–water partition coefficient (Wildman–Crippen LogP) is -1.64. The SMILES string of the molecule is CC(=O)C(C=O)OCCOCCNC(=O)[C@@H](N)CCCN. The van der Waals surface area contributed by atoms with Crippen molar-refractivity contribution in [2.24, 2.45) is 11.5 Å². The van der Waals surface area contributed by atoms with Crippen LogP contribution in [0, 0.1) is 0 Å². The normalized spacial score (nSPS) is 13.5. The molecule has 122 valence electrons. The molecule has 0 rings (SSSR count). The van der Waals surface area contributed by atoms with Gasteiger partial charge < -0.3 is 26.3 Å². The molecule has 0 fully saturated rings. The second kappa shape index (κ2) is 12.4. The van der Waals surface area contributed by atoms with Gasteiger partial charge in [0.25, 0.3) is 0 Å². The fourth-order valence-corrected chi connectivity index (χ4v) is 1.43. The molecule has 5 N–H and O–H groups in total. The molecule has 21 heavy (non-hydrogen) atoms. The first-order chi connectivity index (χ1) is 10.0. The predicted molar refractivity (Wildman–Crippen MR) is 76.6 cm³/mol. The number of hydrogen-bond donors (Lipinski definition) is 3. The van der Waals surface area contributed by atoms with Crippen LogP contribution in [0.25, 0.3) is 0 Å². The zero-order chi connectivity index (χ0) is 16.1. The van der Waals surface area contributed by atoms with E-state index in [-0.39, 0.29) is 24.9 Å². The van der Waals surface area contributed by atoms with E-state index >= 15 is 0 Å². The molecule has 0 saturated carbocycles. The standard InChI is InChI=1S/C13H25N3O5/c1-10(18)12(9-17)21-8-7-20-6-5-16-13(19)11(15)3-2-4-14/h9,11-12H,2-8,14-15H2,1H3,(H,16,19)/t11-,12?/m0/s1.